The first-order valence-corrected chi connectivity index (χ1v) is 16.0. The van der Waals surface area contributed by atoms with E-state index in [2.05, 4.69) is 0 Å². The van der Waals surface area contributed by atoms with Crippen LogP contribution in [0.1, 0.15) is 46.0 Å². The van der Waals surface area contributed by atoms with Crippen molar-refractivity contribution < 1.29 is 24.3 Å². The van der Waals surface area contributed by atoms with Crippen molar-refractivity contribution in [3.05, 3.63) is 167 Å². The first-order valence-electron chi connectivity index (χ1n) is 16.0. The number of imide groups is 1. The van der Waals surface area contributed by atoms with E-state index in [1.54, 1.807) is 89.8 Å². The van der Waals surface area contributed by atoms with Gasteiger partial charge in [0.15, 0.2) is 5.78 Å². The molecule has 2 aliphatic heterocycles. The molecule has 7 nitrogen and oxygen atoms in total. The Morgan fingerprint density at radius 2 is 1.23 bits per heavy atom. The number of carbonyl (C=O) groups is 4. The number of Topliss-reactive ketones (excluding diaryl/α,β-unsaturated/α-hetero) is 1. The third-order valence-electron chi connectivity index (χ3n) is 10.6. The maximum atomic E-state index is 15.5. The Bertz CT molecular complexity index is 2120. The predicted molar refractivity (Wildman–Crippen MR) is 181 cm³/mol. The van der Waals surface area contributed by atoms with E-state index in [1.807, 2.05) is 54.6 Å². The van der Waals surface area contributed by atoms with E-state index in [4.69, 9.17) is 0 Å². The second-order valence-electron chi connectivity index (χ2n) is 12.9. The molecule has 0 aromatic heterocycles. The summed E-state index contributed by atoms with van der Waals surface area (Å²) in [6.45, 7) is 1.52. The van der Waals surface area contributed by atoms with Crippen molar-refractivity contribution in [3.63, 3.8) is 0 Å². The number of para-hydroxylation sites is 2. The van der Waals surface area contributed by atoms with Crippen molar-refractivity contribution >= 4 is 34.9 Å². The molecule has 1 saturated carbocycles. The molecule has 0 bridgehead atoms. The molecule has 0 saturated heterocycles. The second-order valence-corrected chi connectivity index (χ2v) is 12.9. The number of ketones is 1. The Kier molecular flexibility index (Phi) is 6.62. The van der Waals surface area contributed by atoms with Crippen molar-refractivity contribution in [1.82, 2.24) is 0 Å². The molecule has 236 valence electrons. The molecule has 5 aromatic carbocycles. The van der Waals surface area contributed by atoms with Gasteiger partial charge in [-0.1, -0.05) is 127 Å². The van der Waals surface area contributed by atoms with Gasteiger partial charge in [0.05, 0.1) is 23.6 Å². The smallest absolute Gasteiger partial charge is 0.248 e. The normalized spacial score (nSPS) is 25.5. The van der Waals surface area contributed by atoms with Crippen LogP contribution in [0.25, 0.3) is 0 Å². The molecular formula is C41H32N2O5. The van der Waals surface area contributed by atoms with E-state index in [-0.39, 0.29) is 18.9 Å². The highest BCUT2D eigenvalue weighted by Gasteiger charge is 2.82. The van der Waals surface area contributed by atoms with Gasteiger partial charge in [0.25, 0.3) is 0 Å². The minimum absolute atomic E-state index is 0.228. The van der Waals surface area contributed by atoms with Crippen molar-refractivity contribution in [1.29, 1.82) is 0 Å². The molecule has 0 radical (unpaired) electrons. The Morgan fingerprint density at radius 3 is 1.88 bits per heavy atom. The van der Waals surface area contributed by atoms with Gasteiger partial charge in [0.1, 0.15) is 11.0 Å². The van der Waals surface area contributed by atoms with Gasteiger partial charge in [0.2, 0.25) is 17.7 Å². The topological polar surface area (TPSA) is 95.0 Å². The summed E-state index contributed by atoms with van der Waals surface area (Å²) in [6, 6.07) is 41.2. The lowest BCUT2D eigenvalue weighted by Gasteiger charge is -2.42. The molecule has 2 spiro atoms. The van der Waals surface area contributed by atoms with Crippen LogP contribution in [0.2, 0.25) is 0 Å². The summed E-state index contributed by atoms with van der Waals surface area (Å²) < 4.78 is 0. The highest BCUT2D eigenvalue weighted by molar-refractivity contribution is 6.27. The van der Waals surface area contributed by atoms with Crippen molar-refractivity contribution in [3.8, 4) is 0 Å². The van der Waals surface area contributed by atoms with Crippen LogP contribution < -0.4 is 9.80 Å². The highest BCUT2D eigenvalue weighted by Crippen LogP contribution is 2.71. The first kappa shape index (κ1) is 29.7. The zero-order valence-corrected chi connectivity index (χ0v) is 26.2. The lowest BCUT2D eigenvalue weighted by molar-refractivity contribution is -0.137. The monoisotopic (exact) mass is 632 g/mol. The first-order chi connectivity index (χ1) is 23.3. The van der Waals surface area contributed by atoms with Gasteiger partial charge >= 0.3 is 0 Å². The predicted octanol–water partition coefficient (Wildman–Crippen LogP) is 6.09. The second kappa shape index (κ2) is 10.7. The van der Waals surface area contributed by atoms with Crippen molar-refractivity contribution in [2.24, 2.45) is 5.92 Å². The van der Waals surface area contributed by atoms with Crippen molar-refractivity contribution in [2.75, 3.05) is 9.80 Å². The summed E-state index contributed by atoms with van der Waals surface area (Å²) in [5.74, 6) is -3.53. The van der Waals surface area contributed by atoms with Crippen LogP contribution in [0.15, 0.2) is 140 Å². The molecule has 3 aliphatic rings. The van der Waals surface area contributed by atoms with E-state index in [9.17, 15) is 9.90 Å². The SMILES string of the molecule is CC(=O)N1C(=O)[C@]2(c3ccccc31)[C@H](C(=O)c1ccccc1)[C@]1(C[C@]2(O)c2ccccc2)C(=O)N(Cc2ccccc2)c2ccccc21. The van der Waals surface area contributed by atoms with Gasteiger partial charge in [-0.3, -0.25) is 19.2 Å². The molecule has 2 heterocycles. The Morgan fingerprint density at radius 1 is 0.688 bits per heavy atom. The number of anilines is 2. The van der Waals surface area contributed by atoms with E-state index < -0.39 is 39.9 Å². The zero-order valence-electron chi connectivity index (χ0n) is 26.2. The molecule has 7 heteroatoms. The van der Waals surface area contributed by atoms with Crippen LogP contribution in [0, 0.1) is 5.92 Å². The summed E-state index contributed by atoms with van der Waals surface area (Å²) in [7, 11) is 0. The lowest BCUT2D eigenvalue weighted by Crippen LogP contribution is -2.59. The van der Waals surface area contributed by atoms with E-state index in [0.29, 0.717) is 33.6 Å². The fraction of sp³-hybridized carbons (Fsp3) is 0.171. The summed E-state index contributed by atoms with van der Waals surface area (Å²) in [5.41, 5.74) is -2.42. The van der Waals surface area contributed by atoms with Crippen LogP contribution >= 0.6 is 0 Å². The number of nitrogens with zero attached hydrogens (tertiary/aromatic N) is 2. The van der Waals surface area contributed by atoms with Gasteiger partial charge in [-0.05, 0) is 34.4 Å². The summed E-state index contributed by atoms with van der Waals surface area (Å²) >= 11 is 0. The average molecular weight is 633 g/mol. The summed E-state index contributed by atoms with van der Waals surface area (Å²) in [4.78, 5) is 62.4. The molecule has 1 aliphatic carbocycles. The van der Waals surface area contributed by atoms with Gasteiger partial charge in [-0.25, -0.2) is 4.90 Å². The molecule has 8 rings (SSSR count). The summed E-state index contributed by atoms with van der Waals surface area (Å²) in [5, 5.41) is 13.6. The van der Waals surface area contributed by atoms with Crippen LogP contribution in [-0.2, 0) is 37.4 Å². The molecule has 3 amide bonds. The largest absolute Gasteiger partial charge is 0.384 e. The van der Waals surface area contributed by atoms with Gasteiger partial charge in [-0.2, -0.15) is 0 Å². The van der Waals surface area contributed by atoms with Crippen molar-refractivity contribution in [2.45, 2.75) is 36.3 Å². The number of amides is 3. The number of fused-ring (bicyclic) bond motifs is 4. The van der Waals surface area contributed by atoms with E-state index >= 15 is 14.4 Å². The number of benzene rings is 5. The standard InChI is InChI=1S/C41H32N2O5/c1-27(44)43-34-24-14-12-22-32(34)41(38(43)47)36(35(45)29-17-7-3-8-18-29)39(26-40(41,48)30-19-9-4-10-20-30)31-21-11-13-23-33(31)42(37(39)46)25-28-15-5-2-6-16-28/h2-24,36,48H,25-26H2,1H3/t36-,39-,40+,41+/m1/s1. The number of carbonyl (C=O) groups excluding carboxylic acids is 4. The van der Waals surface area contributed by atoms with Gasteiger partial charge < -0.3 is 10.0 Å². The van der Waals surface area contributed by atoms with Gasteiger partial charge in [-0.15, -0.1) is 0 Å². The Balaban J connectivity index is 1.50. The molecule has 1 fully saturated rings. The molecular weight excluding hydrogens is 600 g/mol. The van der Waals surface area contributed by atoms with E-state index in [1.165, 1.54) is 6.92 Å². The minimum atomic E-state index is -2.09. The number of aliphatic hydroxyl groups is 1. The number of hydrogen-bond acceptors (Lipinski definition) is 5. The van der Waals surface area contributed by atoms with E-state index in [0.717, 1.165) is 10.5 Å². The minimum Gasteiger partial charge on any atom is -0.384 e. The third-order valence-corrected chi connectivity index (χ3v) is 10.6. The van der Waals surface area contributed by atoms with Crippen LogP contribution in [0.5, 0.6) is 0 Å². The average Bonchev–Trinajstić information content (AvgIpc) is 3.63. The maximum absolute atomic E-state index is 15.5. The highest BCUT2D eigenvalue weighted by atomic mass is 16.3. The Hall–Kier alpha value is -5.66. The van der Waals surface area contributed by atoms with Crippen LogP contribution in [0.4, 0.5) is 11.4 Å². The molecule has 0 unspecified atom stereocenters. The lowest BCUT2D eigenvalue weighted by atomic mass is 9.58. The maximum Gasteiger partial charge on any atom is 0.248 e. The fourth-order valence-corrected chi connectivity index (χ4v) is 8.81. The Labute approximate surface area is 278 Å². The molecule has 5 aromatic rings. The number of hydrogen-bond donors (Lipinski definition) is 1. The number of rotatable bonds is 5. The third kappa shape index (κ3) is 3.73. The van der Waals surface area contributed by atoms with Crippen LogP contribution in [0.3, 0.4) is 0 Å². The molecule has 48 heavy (non-hydrogen) atoms. The van der Waals surface area contributed by atoms with Gasteiger partial charge in [0, 0.05) is 24.6 Å². The molecule has 4 atom stereocenters. The fourth-order valence-electron chi connectivity index (χ4n) is 8.81. The quantitative estimate of drug-likeness (QED) is 0.237. The zero-order chi connectivity index (χ0) is 33.3. The summed E-state index contributed by atoms with van der Waals surface area (Å²) in [6.07, 6.45) is -0.264. The molecule has 1 N–H and O–H groups in total. The van der Waals surface area contributed by atoms with Crippen LogP contribution in [-0.4, -0.2) is 28.6 Å².